The van der Waals surface area contributed by atoms with Crippen LogP contribution < -0.4 is 10.6 Å². The number of amides is 2. The van der Waals surface area contributed by atoms with E-state index in [-0.39, 0.29) is 11.8 Å². The van der Waals surface area contributed by atoms with Crippen LogP contribution in [-0.2, 0) is 32.7 Å². The van der Waals surface area contributed by atoms with E-state index in [4.69, 9.17) is 41.7 Å². The molecule has 57 heavy (non-hydrogen) atoms. The molecule has 0 radical (unpaired) electrons. The van der Waals surface area contributed by atoms with Gasteiger partial charge in [0.25, 0.3) is 0 Å². The van der Waals surface area contributed by atoms with Crippen molar-refractivity contribution in [3.63, 3.8) is 0 Å². The lowest BCUT2D eigenvalue weighted by molar-refractivity contribution is -0.214. The zero-order valence-corrected chi connectivity index (χ0v) is 38.1. The number of rotatable bonds is 18. The number of carbonyl (C=O) groups is 2. The number of likely N-dealkylation sites (tertiary alicyclic amines) is 2. The predicted molar refractivity (Wildman–Crippen MR) is 221 cm³/mol. The molecule has 2 amide bonds. The average Bonchev–Trinajstić information content (AvgIpc) is 3.71. The number of alkyl halides is 2. The molecule has 0 aromatic rings. The van der Waals surface area contributed by atoms with Crippen molar-refractivity contribution in [3.8, 4) is 0 Å². The van der Waals surface area contributed by atoms with Gasteiger partial charge in [-0.05, 0) is 78.0 Å². The van der Waals surface area contributed by atoms with Gasteiger partial charge >= 0.3 is 7.82 Å². The summed E-state index contributed by atoms with van der Waals surface area (Å²) in [4.78, 5) is 42.0. The van der Waals surface area contributed by atoms with Crippen LogP contribution in [0.15, 0.2) is 0 Å². The minimum atomic E-state index is -5.23. The first-order valence-corrected chi connectivity index (χ1v) is 24.8. The van der Waals surface area contributed by atoms with Crippen molar-refractivity contribution in [1.82, 2.24) is 20.4 Å². The molecule has 4 fully saturated rings. The second-order valence-electron chi connectivity index (χ2n) is 16.1. The van der Waals surface area contributed by atoms with E-state index in [1.165, 1.54) is 0 Å². The summed E-state index contributed by atoms with van der Waals surface area (Å²) in [5.41, 5.74) is -2.31. The monoisotopic (exact) mass is 910 g/mol. The number of ether oxygens (including phenoxy) is 2. The van der Waals surface area contributed by atoms with Crippen molar-refractivity contribution in [2.24, 2.45) is 11.8 Å². The van der Waals surface area contributed by atoms with Gasteiger partial charge < -0.3 is 45.4 Å². The summed E-state index contributed by atoms with van der Waals surface area (Å²) < 4.78 is 36.9. The molecule has 21 heteroatoms. The maximum Gasteiger partial charge on any atom is 0.473 e. The van der Waals surface area contributed by atoms with Crippen LogP contribution >= 0.6 is 54.5 Å². The lowest BCUT2D eigenvalue weighted by Crippen LogP contribution is -2.66. The molecule has 19 atom stereocenters. The fraction of sp³-hybridized carbons (Fsp3) is 0.944. The van der Waals surface area contributed by atoms with Crippen molar-refractivity contribution in [2.75, 3.05) is 39.7 Å². The van der Waals surface area contributed by atoms with E-state index in [9.17, 15) is 39.5 Å². The van der Waals surface area contributed by atoms with Crippen LogP contribution in [0.1, 0.15) is 66.2 Å². The van der Waals surface area contributed by atoms with Crippen LogP contribution in [0.5, 0.6) is 0 Å². The van der Waals surface area contributed by atoms with E-state index in [2.05, 4.69) is 24.5 Å². The number of hydrogen-bond donors (Lipinski definition) is 7. The van der Waals surface area contributed by atoms with Gasteiger partial charge in [-0.1, -0.05) is 26.7 Å². The number of halogens is 2. The Hall–Kier alpha value is 0.01000. The van der Waals surface area contributed by atoms with Gasteiger partial charge in [0.1, 0.15) is 59.7 Å². The Balaban J connectivity index is 1.43. The fourth-order valence-electron chi connectivity index (χ4n) is 8.75. The first-order valence-electron chi connectivity index (χ1n) is 19.9. The Morgan fingerprint density at radius 2 is 1.11 bits per heavy atom. The summed E-state index contributed by atoms with van der Waals surface area (Å²) in [5, 5.41) is 49.7. The molecule has 0 spiro atoms. The van der Waals surface area contributed by atoms with Crippen LogP contribution in [0.3, 0.4) is 0 Å². The summed E-state index contributed by atoms with van der Waals surface area (Å²) in [6.07, 6.45) is -4.26. The molecule has 7 N–H and O–H groups in total. The highest BCUT2D eigenvalue weighted by Crippen LogP contribution is 2.51. The standard InChI is InChI=1S/C36H65Cl2N4O12PS2/c1-9-11-19-13-21(41(5)15-19)33(47)39-23(17(3)37)29-25(43)27(45)31(35(51-29)56-7)53-55(49,50)54-32-28(46)26(44)30(52-36(32)57-8)24(18(4)38)40-34(48)22-14-20(12-10-2)16-42(22)6/h17-32,35-36,43-46H,9-16H2,1-8H3,(H,39,47)(H,40,48)(H,49,50)/t17-,18-,19+,20+,21-,22?,23+,24+,25+,26+,27-,28-,29+,30+,31+,32+,35+,36+/m0/s1. The Labute approximate surface area is 355 Å². The van der Waals surface area contributed by atoms with Gasteiger partial charge in [0.15, 0.2) is 0 Å². The van der Waals surface area contributed by atoms with E-state index in [0.717, 1.165) is 62.3 Å². The second kappa shape index (κ2) is 21.9. The molecule has 4 aliphatic heterocycles. The van der Waals surface area contributed by atoms with E-state index in [0.29, 0.717) is 24.7 Å². The minimum absolute atomic E-state index is 0.288. The van der Waals surface area contributed by atoms with E-state index < -0.39 is 102 Å². The fourth-order valence-corrected chi connectivity index (χ4v) is 11.9. The summed E-state index contributed by atoms with van der Waals surface area (Å²) in [7, 11) is -1.47. The molecule has 0 bridgehead atoms. The maximum absolute atomic E-state index is 13.6. The maximum atomic E-state index is 13.6. The Kier molecular flexibility index (Phi) is 19.1. The molecule has 332 valence electrons. The highest BCUT2D eigenvalue weighted by atomic mass is 35.5. The zero-order chi connectivity index (χ0) is 42.5. The van der Waals surface area contributed by atoms with Gasteiger partial charge in [0.05, 0.1) is 34.9 Å². The average molecular weight is 912 g/mol. The van der Waals surface area contributed by atoms with Crippen LogP contribution in [0.2, 0.25) is 0 Å². The van der Waals surface area contributed by atoms with Gasteiger partial charge in [-0.15, -0.1) is 46.7 Å². The third-order valence-electron chi connectivity index (χ3n) is 11.7. The molecule has 2 unspecified atom stereocenters. The molecular formula is C36H65Cl2N4O12PS2. The van der Waals surface area contributed by atoms with Crippen molar-refractivity contribution >= 4 is 66.4 Å². The number of thioether (sulfide) groups is 2. The molecule has 0 aromatic carbocycles. The number of carbonyl (C=O) groups excluding carboxylic acids is 2. The summed E-state index contributed by atoms with van der Waals surface area (Å²) >= 11 is 15.1. The first kappa shape index (κ1) is 49.7. The van der Waals surface area contributed by atoms with E-state index >= 15 is 0 Å². The van der Waals surface area contributed by atoms with Crippen molar-refractivity contribution < 1.29 is 58.0 Å². The quantitative estimate of drug-likeness (QED) is 0.0772. The van der Waals surface area contributed by atoms with E-state index in [1.807, 2.05) is 23.9 Å². The van der Waals surface area contributed by atoms with Crippen molar-refractivity contribution in [2.45, 2.75) is 161 Å². The van der Waals surface area contributed by atoms with Crippen LogP contribution in [0.25, 0.3) is 0 Å². The van der Waals surface area contributed by atoms with Gasteiger partial charge in [-0.2, -0.15) is 0 Å². The number of phosphoric ester groups is 1. The van der Waals surface area contributed by atoms with Gasteiger partial charge in [0.2, 0.25) is 11.8 Å². The molecule has 4 saturated heterocycles. The largest absolute Gasteiger partial charge is 0.473 e. The lowest BCUT2D eigenvalue weighted by atomic mass is 9.92. The molecule has 4 heterocycles. The number of hydrogen-bond acceptors (Lipinski definition) is 15. The number of aliphatic hydroxyl groups is 4. The van der Waals surface area contributed by atoms with Gasteiger partial charge in [-0.3, -0.25) is 28.4 Å². The molecule has 4 aliphatic rings. The normalized spacial score (nSPS) is 39.9. The zero-order valence-electron chi connectivity index (χ0n) is 34.1. The number of phosphoric acid groups is 1. The number of nitrogens with zero attached hydrogens (tertiary/aromatic N) is 2. The van der Waals surface area contributed by atoms with Crippen molar-refractivity contribution in [1.29, 1.82) is 0 Å². The smallest absolute Gasteiger partial charge is 0.388 e. The highest BCUT2D eigenvalue weighted by molar-refractivity contribution is 7.99. The summed E-state index contributed by atoms with van der Waals surface area (Å²) in [6.45, 7) is 8.99. The van der Waals surface area contributed by atoms with Crippen molar-refractivity contribution in [3.05, 3.63) is 0 Å². The molecule has 0 saturated carbocycles. The number of nitrogens with one attached hydrogen (secondary N) is 2. The topological polar surface area (TPSA) is 220 Å². The van der Waals surface area contributed by atoms with Crippen LogP contribution in [0, 0.1) is 11.8 Å². The minimum Gasteiger partial charge on any atom is -0.388 e. The Morgan fingerprint density at radius 3 is 1.40 bits per heavy atom. The number of aliphatic hydroxyl groups excluding tert-OH is 4. The molecular weight excluding hydrogens is 846 g/mol. The Bertz CT molecular complexity index is 1270. The third-order valence-corrected chi connectivity index (χ3v) is 15.0. The molecule has 16 nitrogen and oxygen atoms in total. The van der Waals surface area contributed by atoms with Crippen LogP contribution in [-0.4, -0.2) is 181 Å². The van der Waals surface area contributed by atoms with Gasteiger partial charge in [0, 0.05) is 13.1 Å². The molecule has 0 aromatic heterocycles. The number of likely N-dealkylation sites (N-methyl/N-ethyl adjacent to an activating group) is 2. The lowest BCUT2D eigenvalue weighted by Gasteiger charge is -2.47. The third kappa shape index (κ3) is 12.1. The van der Waals surface area contributed by atoms with Crippen LogP contribution in [0.4, 0.5) is 0 Å². The second-order valence-corrected chi connectivity index (χ2v) is 20.7. The molecule has 4 rings (SSSR count). The van der Waals surface area contributed by atoms with E-state index in [1.54, 1.807) is 26.4 Å². The summed E-state index contributed by atoms with van der Waals surface area (Å²) in [6, 6.07) is -2.73. The summed E-state index contributed by atoms with van der Waals surface area (Å²) in [5.74, 6) is 0.163. The molecule has 0 aliphatic carbocycles. The SMILES string of the molecule is CCC[C@@H]1CC(C(=O)N[C@@H]([C@H]2O[C@H](SC)[C@H](OP(=O)(O)O[C@@H]3[C@@H](O)[C@@H](O)[C@@H]([C@H](NC(=O)[C@@H]4C[C@@H](CCC)CN4C)[C@H](C)Cl)O[C@@H]3SC)[C@@H](O)[C@H]2O)[C@H](C)Cl)N(C)C1. The highest BCUT2D eigenvalue weighted by Gasteiger charge is 2.55. The first-order chi connectivity index (χ1) is 26.8. The Morgan fingerprint density at radius 1 is 0.754 bits per heavy atom. The predicted octanol–water partition coefficient (Wildman–Crippen LogP) is 1.94. The van der Waals surface area contributed by atoms with Gasteiger partial charge in [-0.25, -0.2) is 4.57 Å².